The highest BCUT2D eigenvalue weighted by Gasteiger charge is 2.22. The van der Waals surface area contributed by atoms with Gasteiger partial charge in [-0.05, 0) is 42.7 Å². The van der Waals surface area contributed by atoms with Crippen LogP contribution in [-0.2, 0) is 0 Å². The fraction of sp³-hybridized carbons (Fsp3) is 0.190. The Hall–Kier alpha value is -3.41. The molecule has 3 aromatic heterocycles. The van der Waals surface area contributed by atoms with Crippen LogP contribution in [0.4, 0.5) is 5.95 Å². The lowest BCUT2D eigenvalue weighted by Gasteiger charge is -2.06. The molecule has 0 aliphatic heterocycles. The van der Waals surface area contributed by atoms with Gasteiger partial charge in [0.2, 0.25) is 5.95 Å². The van der Waals surface area contributed by atoms with E-state index in [1.165, 1.54) is 12.8 Å². The van der Waals surface area contributed by atoms with Gasteiger partial charge >= 0.3 is 0 Å². The number of ether oxygens (including phenoxy) is 1. The molecule has 2 N–H and O–H groups in total. The van der Waals surface area contributed by atoms with Gasteiger partial charge < -0.3 is 15.0 Å². The smallest absolute Gasteiger partial charge is 0.223 e. The molecule has 0 amide bonds. The number of anilines is 1. The minimum atomic E-state index is 0.520. The number of benzene rings is 1. The summed E-state index contributed by atoms with van der Waals surface area (Å²) in [5.74, 6) is 1.52. The lowest BCUT2D eigenvalue weighted by molar-refractivity contribution is 0.415. The summed E-state index contributed by atoms with van der Waals surface area (Å²) in [5.41, 5.74) is 4.90. The monoisotopic (exact) mass is 357 g/mol. The molecule has 5 rings (SSSR count). The highest BCUT2D eigenvalue weighted by Crippen LogP contribution is 2.31. The van der Waals surface area contributed by atoms with E-state index in [2.05, 4.69) is 31.3 Å². The van der Waals surface area contributed by atoms with Crippen molar-refractivity contribution < 1.29 is 4.74 Å². The highest BCUT2D eigenvalue weighted by atomic mass is 16.5. The molecule has 0 unspecified atom stereocenters. The zero-order chi connectivity index (χ0) is 18.2. The van der Waals surface area contributed by atoms with Crippen LogP contribution in [0.25, 0.3) is 33.4 Å². The van der Waals surface area contributed by atoms with E-state index in [1.54, 1.807) is 13.3 Å². The standard InChI is InChI=1S/C21H19N5O/c1-27-16-6-2-13(3-7-16)14-10-17-18(12-24-20(17)23-11-14)19-8-9-22-21(26-19)25-15-4-5-15/h2-3,6-12,15H,4-5H2,1H3,(H,23,24)(H,22,25,26). The second kappa shape index (κ2) is 6.39. The van der Waals surface area contributed by atoms with Crippen LogP contribution >= 0.6 is 0 Å². The van der Waals surface area contributed by atoms with Gasteiger partial charge in [0.05, 0.1) is 12.8 Å². The molecule has 3 heterocycles. The van der Waals surface area contributed by atoms with Crippen LogP contribution in [0.3, 0.4) is 0 Å². The van der Waals surface area contributed by atoms with Crippen LogP contribution in [0.5, 0.6) is 5.75 Å². The minimum absolute atomic E-state index is 0.520. The maximum Gasteiger partial charge on any atom is 0.223 e. The molecule has 0 spiro atoms. The van der Waals surface area contributed by atoms with Gasteiger partial charge in [0.1, 0.15) is 11.4 Å². The van der Waals surface area contributed by atoms with E-state index < -0.39 is 0 Å². The number of rotatable bonds is 5. The Morgan fingerprint density at radius 3 is 2.70 bits per heavy atom. The largest absolute Gasteiger partial charge is 0.497 e. The van der Waals surface area contributed by atoms with E-state index in [4.69, 9.17) is 4.74 Å². The van der Waals surface area contributed by atoms with Gasteiger partial charge in [-0.15, -0.1) is 0 Å². The molecule has 27 heavy (non-hydrogen) atoms. The Morgan fingerprint density at radius 2 is 1.93 bits per heavy atom. The van der Waals surface area contributed by atoms with Crippen molar-refractivity contribution in [1.29, 1.82) is 0 Å². The van der Waals surface area contributed by atoms with Crippen LogP contribution in [-0.4, -0.2) is 33.1 Å². The van der Waals surface area contributed by atoms with Crippen molar-refractivity contribution in [2.75, 3.05) is 12.4 Å². The quantitative estimate of drug-likeness (QED) is 0.558. The Kier molecular flexibility index (Phi) is 3.74. The summed E-state index contributed by atoms with van der Waals surface area (Å²) in [6.07, 6.45) is 8.02. The molecular weight excluding hydrogens is 338 g/mol. The number of pyridine rings is 1. The van der Waals surface area contributed by atoms with Crippen molar-refractivity contribution in [3.63, 3.8) is 0 Å². The van der Waals surface area contributed by atoms with Crippen molar-refractivity contribution in [3.8, 4) is 28.1 Å². The molecule has 0 radical (unpaired) electrons. The number of hydrogen-bond acceptors (Lipinski definition) is 5. The van der Waals surface area contributed by atoms with E-state index in [0.29, 0.717) is 12.0 Å². The molecule has 1 aromatic carbocycles. The van der Waals surface area contributed by atoms with E-state index >= 15 is 0 Å². The van der Waals surface area contributed by atoms with E-state index in [9.17, 15) is 0 Å². The van der Waals surface area contributed by atoms with E-state index in [-0.39, 0.29) is 0 Å². The predicted molar refractivity (Wildman–Crippen MR) is 106 cm³/mol. The van der Waals surface area contributed by atoms with Gasteiger partial charge in [0, 0.05) is 41.1 Å². The topological polar surface area (TPSA) is 75.7 Å². The Bertz CT molecular complexity index is 1100. The Morgan fingerprint density at radius 1 is 1.07 bits per heavy atom. The molecule has 1 aliphatic carbocycles. The molecule has 1 fully saturated rings. The van der Waals surface area contributed by atoms with Crippen LogP contribution in [0.15, 0.2) is 55.0 Å². The van der Waals surface area contributed by atoms with Crippen molar-refractivity contribution in [2.24, 2.45) is 0 Å². The number of H-pyrrole nitrogens is 1. The molecule has 0 saturated heterocycles. The first kappa shape index (κ1) is 15.8. The number of nitrogens with one attached hydrogen (secondary N) is 2. The SMILES string of the molecule is COc1ccc(-c2cnc3[nH]cc(-c4ccnc(NC5CC5)n4)c3c2)cc1. The molecule has 1 aliphatic rings. The summed E-state index contributed by atoms with van der Waals surface area (Å²) in [5, 5.41) is 4.40. The average Bonchev–Trinajstić information content (AvgIpc) is 3.43. The molecule has 134 valence electrons. The zero-order valence-corrected chi connectivity index (χ0v) is 14.9. The van der Waals surface area contributed by atoms with Crippen molar-refractivity contribution in [3.05, 3.63) is 55.0 Å². The number of nitrogens with zero attached hydrogens (tertiary/aromatic N) is 3. The molecule has 0 bridgehead atoms. The maximum atomic E-state index is 5.24. The summed E-state index contributed by atoms with van der Waals surface area (Å²) in [6.45, 7) is 0. The average molecular weight is 357 g/mol. The number of methoxy groups -OCH3 is 1. The second-order valence-corrected chi connectivity index (χ2v) is 6.74. The highest BCUT2D eigenvalue weighted by molar-refractivity contribution is 5.95. The normalized spacial score (nSPS) is 13.7. The molecule has 6 heteroatoms. The third kappa shape index (κ3) is 3.10. The summed E-state index contributed by atoms with van der Waals surface area (Å²) >= 11 is 0. The van der Waals surface area contributed by atoms with Crippen LogP contribution in [0.2, 0.25) is 0 Å². The number of hydrogen-bond donors (Lipinski definition) is 2. The predicted octanol–water partition coefficient (Wildman–Crippen LogP) is 4.27. The molecular formula is C21H19N5O. The van der Waals surface area contributed by atoms with Gasteiger partial charge in [0.25, 0.3) is 0 Å². The summed E-state index contributed by atoms with van der Waals surface area (Å²) in [7, 11) is 1.67. The van der Waals surface area contributed by atoms with Gasteiger partial charge in [-0.25, -0.2) is 15.0 Å². The third-order valence-corrected chi connectivity index (χ3v) is 4.80. The van der Waals surface area contributed by atoms with Gasteiger partial charge in [-0.2, -0.15) is 0 Å². The van der Waals surface area contributed by atoms with Crippen molar-refractivity contribution in [1.82, 2.24) is 19.9 Å². The summed E-state index contributed by atoms with van der Waals surface area (Å²) in [4.78, 5) is 16.8. The first-order valence-electron chi connectivity index (χ1n) is 9.02. The minimum Gasteiger partial charge on any atom is -0.497 e. The summed E-state index contributed by atoms with van der Waals surface area (Å²) in [6, 6.07) is 12.6. The van der Waals surface area contributed by atoms with Gasteiger partial charge in [0.15, 0.2) is 0 Å². The number of fused-ring (bicyclic) bond motifs is 1. The van der Waals surface area contributed by atoms with Crippen LogP contribution in [0, 0.1) is 0 Å². The summed E-state index contributed by atoms with van der Waals surface area (Å²) < 4.78 is 5.24. The molecule has 4 aromatic rings. The Balaban J connectivity index is 1.55. The van der Waals surface area contributed by atoms with E-state index in [0.717, 1.165) is 39.2 Å². The van der Waals surface area contributed by atoms with Gasteiger partial charge in [-0.1, -0.05) is 12.1 Å². The van der Waals surface area contributed by atoms with Crippen LogP contribution < -0.4 is 10.1 Å². The van der Waals surface area contributed by atoms with E-state index in [1.807, 2.05) is 42.7 Å². The lowest BCUT2D eigenvalue weighted by atomic mass is 10.0. The number of aromatic amines is 1. The maximum absolute atomic E-state index is 5.24. The molecule has 0 atom stereocenters. The first-order valence-corrected chi connectivity index (χ1v) is 9.02. The number of aromatic nitrogens is 4. The third-order valence-electron chi connectivity index (χ3n) is 4.80. The zero-order valence-electron chi connectivity index (χ0n) is 14.9. The lowest BCUT2D eigenvalue weighted by Crippen LogP contribution is -2.05. The first-order chi connectivity index (χ1) is 13.3. The molecule has 6 nitrogen and oxygen atoms in total. The Labute approximate surface area is 156 Å². The second-order valence-electron chi connectivity index (χ2n) is 6.74. The fourth-order valence-corrected chi connectivity index (χ4v) is 3.15. The van der Waals surface area contributed by atoms with Crippen molar-refractivity contribution >= 4 is 17.0 Å². The fourth-order valence-electron chi connectivity index (χ4n) is 3.15. The van der Waals surface area contributed by atoms with Crippen LogP contribution in [0.1, 0.15) is 12.8 Å². The van der Waals surface area contributed by atoms with Crippen molar-refractivity contribution in [2.45, 2.75) is 18.9 Å². The molecule has 1 saturated carbocycles. The van der Waals surface area contributed by atoms with Gasteiger partial charge in [-0.3, -0.25) is 0 Å².